The molecule has 4 aromatic rings. The van der Waals surface area contributed by atoms with Crippen molar-refractivity contribution in [3.8, 4) is 0 Å². The molecule has 4 aromatic carbocycles. The van der Waals surface area contributed by atoms with Crippen LogP contribution < -0.4 is 5.32 Å². The summed E-state index contributed by atoms with van der Waals surface area (Å²) in [5.74, 6) is 0. The second kappa shape index (κ2) is 14.4. The average molecular weight is 536 g/mol. The minimum absolute atomic E-state index is 0.425. The Bertz CT molecular complexity index is 1200. The van der Waals surface area contributed by atoms with Crippen LogP contribution in [0.25, 0.3) is 0 Å². The zero-order valence-corrected chi connectivity index (χ0v) is 23.9. The Labute approximate surface area is 239 Å². The average Bonchev–Trinajstić information content (AvgIpc) is 2.99. The van der Waals surface area contributed by atoms with Crippen LogP contribution in [0.1, 0.15) is 29.5 Å². The molecule has 0 amide bonds. The predicted octanol–water partition coefficient (Wildman–Crippen LogP) is 7.60. The highest BCUT2D eigenvalue weighted by atomic mass is 32.2. The van der Waals surface area contributed by atoms with E-state index in [9.17, 15) is 0 Å². The number of nitrogens with one attached hydrogen (secondary N) is 1. The van der Waals surface area contributed by atoms with Gasteiger partial charge in [-0.3, -0.25) is 4.90 Å². The summed E-state index contributed by atoms with van der Waals surface area (Å²) in [5, 5.41) is 3.84. The second-order valence-corrected chi connectivity index (χ2v) is 11.5. The quantitative estimate of drug-likeness (QED) is 0.188. The minimum atomic E-state index is 0.425. The number of likely N-dealkylation sites (tertiary alicyclic amines) is 1. The van der Waals surface area contributed by atoms with Gasteiger partial charge in [-0.15, -0.1) is 11.8 Å². The van der Waals surface area contributed by atoms with Crippen LogP contribution in [0.3, 0.4) is 0 Å². The summed E-state index contributed by atoms with van der Waals surface area (Å²) in [6.45, 7) is 5.26. The van der Waals surface area contributed by atoms with Gasteiger partial charge in [0.15, 0.2) is 0 Å². The summed E-state index contributed by atoms with van der Waals surface area (Å²) in [5.41, 5.74) is 5.45. The van der Waals surface area contributed by atoms with E-state index >= 15 is 0 Å². The number of para-hydroxylation sites is 1. The monoisotopic (exact) mass is 535 g/mol. The van der Waals surface area contributed by atoms with Crippen molar-refractivity contribution in [3.05, 3.63) is 132 Å². The third kappa shape index (κ3) is 8.22. The third-order valence-corrected chi connectivity index (χ3v) is 8.61. The first kappa shape index (κ1) is 27.5. The van der Waals surface area contributed by atoms with E-state index in [4.69, 9.17) is 0 Å². The lowest BCUT2D eigenvalue weighted by atomic mass is 9.99. The molecule has 1 fully saturated rings. The number of piperidine rings is 1. The van der Waals surface area contributed by atoms with Crippen LogP contribution in [0.2, 0.25) is 0 Å². The number of hydrogen-bond acceptors (Lipinski definition) is 4. The van der Waals surface area contributed by atoms with Crippen LogP contribution in [0.5, 0.6) is 0 Å². The molecule has 0 aromatic heterocycles. The zero-order chi connectivity index (χ0) is 26.7. The minimum Gasteiger partial charge on any atom is -0.381 e. The lowest BCUT2D eigenvalue weighted by molar-refractivity contribution is 0.110. The van der Waals surface area contributed by atoms with E-state index in [1.165, 1.54) is 40.1 Å². The summed E-state index contributed by atoms with van der Waals surface area (Å²) < 4.78 is 0. The van der Waals surface area contributed by atoms with Gasteiger partial charge in [0.1, 0.15) is 0 Å². The van der Waals surface area contributed by atoms with Crippen LogP contribution in [0.4, 0.5) is 5.69 Å². The molecule has 5 rings (SSSR count). The van der Waals surface area contributed by atoms with Crippen molar-refractivity contribution >= 4 is 17.4 Å². The molecule has 202 valence electrons. The number of anilines is 1. The molecule has 1 unspecified atom stereocenters. The molecule has 1 aliphatic heterocycles. The summed E-state index contributed by atoms with van der Waals surface area (Å²) in [6.07, 6.45) is 5.57. The fraction of sp³-hybridized carbons (Fsp3) is 0.314. The fourth-order valence-corrected chi connectivity index (χ4v) is 6.25. The molecular weight excluding hydrogens is 494 g/mol. The molecule has 0 spiro atoms. The van der Waals surface area contributed by atoms with E-state index < -0.39 is 0 Å². The maximum absolute atomic E-state index is 3.84. The second-order valence-electron chi connectivity index (χ2n) is 10.6. The van der Waals surface area contributed by atoms with Gasteiger partial charge in [0, 0.05) is 55.4 Å². The van der Waals surface area contributed by atoms with Crippen molar-refractivity contribution < 1.29 is 0 Å². The number of rotatable bonds is 12. The third-order valence-electron chi connectivity index (χ3n) is 7.81. The molecule has 0 aliphatic carbocycles. The van der Waals surface area contributed by atoms with Crippen molar-refractivity contribution in [1.82, 2.24) is 9.80 Å². The van der Waals surface area contributed by atoms with E-state index in [2.05, 4.69) is 137 Å². The van der Waals surface area contributed by atoms with Crippen molar-refractivity contribution in [1.29, 1.82) is 0 Å². The van der Waals surface area contributed by atoms with Crippen molar-refractivity contribution in [2.24, 2.45) is 0 Å². The summed E-state index contributed by atoms with van der Waals surface area (Å²) in [7, 11) is 0. The molecule has 39 heavy (non-hydrogen) atoms. The molecule has 1 heterocycles. The van der Waals surface area contributed by atoms with Gasteiger partial charge in [-0.05, 0) is 54.3 Å². The molecule has 0 bridgehead atoms. The van der Waals surface area contributed by atoms with Gasteiger partial charge in [-0.1, -0.05) is 103 Å². The van der Waals surface area contributed by atoms with Crippen LogP contribution in [0, 0.1) is 0 Å². The Morgan fingerprint density at radius 1 is 0.718 bits per heavy atom. The number of nitrogens with zero attached hydrogens (tertiary/aromatic N) is 2. The van der Waals surface area contributed by atoms with E-state index in [0.29, 0.717) is 12.1 Å². The first-order chi connectivity index (χ1) is 19.3. The molecule has 0 saturated carbocycles. The maximum Gasteiger partial charge on any atom is 0.0480 e. The molecule has 3 nitrogen and oxygen atoms in total. The van der Waals surface area contributed by atoms with Gasteiger partial charge in [0.05, 0.1) is 0 Å². The highest BCUT2D eigenvalue weighted by Gasteiger charge is 2.26. The number of thioether (sulfide) groups is 1. The number of benzene rings is 4. The zero-order valence-electron chi connectivity index (χ0n) is 23.1. The van der Waals surface area contributed by atoms with Gasteiger partial charge in [0.25, 0.3) is 0 Å². The molecule has 1 saturated heterocycles. The smallest absolute Gasteiger partial charge is 0.0480 e. The van der Waals surface area contributed by atoms with Crippen molar-refractivity contribution in [2.75, 3.05) is 31.2 Å². The van der Waals surface area contributed by atoms with E-state index in [1.807, 2.05) is 11.8 Å². The first-order valence-electron chi connectivity index (χ1n) is 14.2. The van der Waals surface area contributed by atoms with Crippen LogP contribution in [-0.2, 0) is 19.5 Å². The molecule has 0 radical (unpaired) electrons. The Kier molecular flexibility index (Phi) is 10.1. The molecule has 1 atom stereocenters. The summed E-state index contributed by atoms with van der Waals surface area (Å²) in [4.78, 5) is 6.74. The Hall–Kier alpha value is -3.05. The molecule has 4 heteroatoms. The van der Waals surface area contributed by atoms with Gasteiger partial charge in [-0.25, -0.2) is 0 Å². The Morgan fingerprint density at radius 2 is 1.23 bits per heavy atom. The topological polar surface area (TPSA) is 18.5 Å². The van der Waals surface area contributed by atoms with Crippen LogP contribution in [-0.4, -0.2) is 47.8 Å². The van der Waals surface area contributed by atoms with Gasteiger partial charge in [0.2, 0.25) is 0 Å². The lowest BCUT2D eigenvalue weighted by Gasteiger charge is -2.39. The van der Waals surface area contributed by atoms with Gasteiger partial charge < -0.3 is 10.2 Å². The van der Waals surface area contributed by atoms with Crippen LogP contribution >= 0.6 is 11.8 Å². The van der Waals surface area contributed by atoms with E-state index in [1.54, 1.807) is 0 Å². The fourth-order valence-electron chi connectivity index (χ4n) is 5.69. The molecular formula is C35H41N3S. The van der Waals surface area contributed by atoms with Crippen molar-refractivity contribution in [3.63, 3.8) is 0 Å². The summed E-state index contributed by atoms with van der Waals surface area (Å²) in [6, 6.07) is 42.6. The molecule has 1 aliphatic rings. The standard InChI is InChI=1S/C35H41N3S/c1-39-35-20-12-11-19-34(35)36-32-21-23-37(24-22-32)28-33(25-29-13-5-2-6-14-29)38(26-30-15-7-3-8-16-30)27-31-17-9-4-10-18-31/h2-20,32-33,36H,21-28H2,1H3. The lowest BCUT2D eigenvalue weighted by Crippen LogP contribution is -2.48. The number of hydrogen-bond donors (Lipinski definition) is 1. The van der Waals surface area contributed by atoms with Crippen LogP contribution in [0.15, 0.2) is 120 Å². The SMILES string of the molecule is CSc1ccccc1NC1CCN(CC(Cc2ccccc2)N(Cc2ccccc2)Cc2ccccc2)CC1. The normalized spacial score (nSPS) is 15.3. The predicted molar refractivity (Wildman–Crippen MR) is 167 cm³/mol. The van der Waals surface area contributed by atoms with Gasteiger partial charge >= 0.3 is 0 Å². The van der Waals surface area contributed by atoms with E-state index in [-0.39, 0.29) is 0 Å². The largest absolute Gasteiger partial charge is 0.381 e. The Balaban J connectivity index is 1.30. The maximum atomic E-state index is 3.84. The Morgan fingerprint density at radius 3 is 1.79 bits per heavy atom. The van der Waals surface area contributed by atoms with Gasteiger partial charge in [-0.2, -0.15) is 0 Å². The first-order valence-corrected chi connectivity index (χ1v) is 15.5. The summed E-state index contributed by atoms with van der Waals surface area (Å²) >= 11 is 1.82. The highest BCUT2D eigenvalue weighted by molar-refractivity contribution is 7.98. The van der Waals surface area contributed by atoms with Crippen molar-refractivity contribution in [2.45, 2.75) is 49.3 Å². The molecule has 1 N–H and O–H groups in total. The van der Waals surface area contributed by atoms with E-state index in [0.717, 1.165) is 39.1 Å². The highest BCUT2D eigenvalue weighted by Crippen LogP contribution is 2.27.